The number of carbonyl (C=O) groups is 1. The van der Waals surface area contributed by atoms with Crippen molar-refractivity contribution >= 4 is 56.0 Å². The number of fused-ring (bicyclic) bond motifs is 1. The van der Waals surface area contributed by atoms with Crippen molar-refractivity contribution in [3.05, 3.63) is 76.9 Å². The summed E-state index contributed by atoms with van der Waals surface area (Å²) in [6.07, 6.45) is 5.67. The number of aromatic nitrogens is 2. The number of esters is 1. The molecule has 1 aliphatic carbocycles. The number of nitrogens with one attached hydrogen (secondary N) is 2. The summed E-state index contributed by atoms with van der Waals surface area (Å²) in [5.41, 5.74) is 2.73. The normalized spacial score (nSPS) is 15.7. The Hall–Kier alpha value is -3.43. The van der Waals surface area contributed by atoms with Gasteiger partial charge in [-0.15, -0.1) is 0 Å². The summed E-state index contributed by atoms with van der Waals surface area (Å²) in [6, 6.07) is 11.8. The summed E-state index contributed by atoms with van der Waals surface area (Å²) in [6.45, 7) is 1.91. The maximum Gasteiger partial charge on any atom is 0.339 e. The lowest BCUT2D eigenvalue weighted by Gasteiger charge is -2.19. The number of para-hydroxylation sites is 2. The molecule has 0 bridgehead atoms. The van der Waals surface area contributed by atoms with Crippen LogP contribution in [-0.4, -0.2) is 36.7 Å². The maximum atomic E-state index is 13.1. The minimum atomic E-state index is -3.79. The summed E-state index contributed by atoms with van der Waals surface area (Å²) in [7, 11) is -2.53. The van der Waals surface area contributed by atoms with Gasteiger partial charge in [0, 0.05) is 5.69 Å². The zero-order chi connectivity index (χ0) is 23.6. The fourth-order valence-electron chi connectivity index (χ4n) is 3.31. The van der Waals surface area contributed by atoms with Crippen LogP contribution in [0.2, 0.25) is 5.02 Å². The summed E-state index contributed by atoms with van der Waals surface area (Å²) in [5.74, 6) is -0.369. The van der Waals surface area contributed by atoms with Crippen LogP contribution in [-0.2, 0) is 14.8 Å². The number of benzene rings is 2. The van der Waals surface area contributed by atoms with Crippen LogP contribution in [0, 0.1) is 0 Å². The Labute approximate surface area is 196 Å². The third kappa shape index (κ3) is 4.99. The number of hydrogen-bond donors (Lipinski definition) is 2. The number of sulfonamides is 1. The smallest absolute Gasteiger partial charge is 0.339 e. The molecule has 10 heteroatoms. The number of nitrogens with zero attached hydrogens (tertiary/aromatic N) is 2. The minimum absolute atomic E-state index is 0.0444. The zero-order valence-electron chi connectivity index (χ0n) is 17.9. The molecule has 0 aliphatic heterocycles. The Morgan fingerprint density at radius 2 is 1.82 bits per heavy atom. The fraction of sp³-hybridized carbons (Fsp3) is 0.174. The van der Waals surface area contributed by atoms with Gasteiger partial charge in [0.05, 0.1) is 28.7 Å². The van der Waals surface area contributed by atoms with Crippen LogP contribution in [0.4, 0.5) is 17.3 Å². The van der Waals surface area contributed by atoms with Crippen LogP contribution in [0.25, 0.3) is 11.0 Å². The molecular weight excluding hydrogens is 464 g/mol. The van der Waals surface area contributed by atoms with E-state index in [-0.39, 0.29) is 22.2 Å². The van der Waals surface area contributed by atoms with E-state index in [0.717, 1.165) is 5.57 Å². The molecule has 2 N–H and O–H groups in total. The van der Waals surface area contributed by atoms with Crippen LogP contribution in [0.1, 0.15) is 23.7 Å². The summed E-state index contributed by atoms with van der Waals surface area (Å²) < 4.78 is 33.5. The molecule has 0 saturated heterocycles. The quantitative estimate of drug-likeness (QED) is 0.482. The van der Waals surface area contributed by atoms with Crippen LogP contribution in [0.5, 0.6) is 0 Å². The van der Waals surface area contributed by atoms with Gasteiger partial charge in [-0.25, -0.2) is 23.2 Å². The van der Waals surface area contributed by atoms with Gasteiger partial charge in [0.15, 0.2) is 11.6 Å². The first-order valence-electron chi connectivity index (χ1n) is 10.0. The van der Waals surface area contributed by atoms with Crippen molar-refractivity contribution in [3.63, 3.8) is 0 Å². The molecule has 1 aromatic heterocycles. The molecular formula is C23H21ClN4O4S. The molecule has 1 aliphatic rings. The van der Waals surface area contributed by atoms with E-state index in [1.807, 2.05) is 19.1 Å². The largest absolute Gasteiger partial charge is 0.465 e. The molecule has 0 fully saturated rings. The highest BCUT2D eigenvalue weighted by Gasteiger charge is 2.26. The average molecular weight is 485 g/mol. The number of methoxy groups -OCH3 is 1. The van der Waals surface area contributed by atoms with Gasteiger partial charge in [-0.3, -0.25) is 4.72 Å². The first-order valence-corrected chi connectivity index (χ1v) is 12.0. The van der Waals surface area contributed by atoms with E-state index >= 15 is 0 Å². The lowest BCUT2D eigenvalue weighted by atomic mass is 10.1. The molecule has 0 radical (unpaired) electrons. The van der Waals surface area contributed by atoms with Gasteiger partial charge in [0.2, 0.25) is 10.0 Å². The predicted octanol–water partition coefficient (Wildman–Crippen LogP) is 4.83. The van der Waals surface area contributed by atoms with Crippen LogP contribution in [0.3, 0.4) is 0 Å². The molecule has 0 amide bonds. The number of rotatable bonds is 6. The van der Waals surface area contributed by atoms with E-state index < -0.39 is 21.2 Å². The minimum Gasteiger partial charge on any atom is -0.465 e. The number of carbonyl (C=O) groups excluding carboxylic acids is 1. The van der Waals surface area contributed by atoms with E-state index in [2.05, 4.69) is 20.0 Å². The van der Waals surface area contributed by atoms with Gasteiger partial charge < -0.3 is 10.1 Å². The van der Waals surface area contributed by atoms with E-state index in [1.54, 1.807) is 36.4 Å². The Kier molecular flexibility index (Phi) is 6.35. The van der Waals surface area contributed by atoms with Gasteiger partial charge in [-0.2, -0.15) is 0 Å². The van der Waals surface area contributed by atoms with Gasteiger partial charge in [-0.1, -0.05) is 47.5 Å². The summed E-state index contributed by atoms with van der Waals surface area (Å²) in [4.78, 5) is 21.0. The number of hydrogen-bond acceptors (Lipinski definition) is 7. The molecule has 1 atom stereocenters. The second-order valence-electron chi connectivity index (χ2n) is 7.45. The Balaban J connectivity index is 1.73. The molecule has 4 rings (SSSR count). The van der Waals surface area contributed by atoms with Gasteiger partial charge >= 0.3 is 5.97 Å². The van der Waals surface area contributed by atoms with Crippen molar-refractivity contribution in [2.24, 2.45) is 0 Å². The van der Waals surface area contributed by atoms with Crippen LogP contribution < -0.4 is 10.0 Å². The van der Waals surface area contributed by atoms with Crippen LogP contribution in [0.15, 0.2) is 66.3 Å². The van der Waals surface area contributed by atoms with E-state index in [9.17, 15) is 13.2 Å². The molecule has 170 valence electrons. The highest BCUT2D eigenvalue weighted by Crippen LogP contribution is 2.29. The van der Waals surface area contributed by atoms with Gasteiger partial charge in [0.1, 0.15) is 5.25 Å². The molecule has 3 aromatic rings. The average Bonchev–Trinajstić information content (AvgIpc) is 2.80. The molecule has 33 heavy (non-hydrogen) atoms. The molecule has 8 nitrogen and oxygen atoms in total. The van der Waals surface area contributed by atoms with Crippen molar-refractivity contribution in [1.29, 1.82) is 0 Å². The summed E-state index contributed by atoms with van der Waals surface area (Å²) >= 11 is 6.11. The monoisotopic (exact) mass is 484 g/mol. The van der Waals surface area contributed by atoms with E-state index in [1.165, 1.54) is 19.2 Å². The molecule has 0 saturated carbocycles. The third-order valence-corrected chi connectivity index (χ3v) is 7.04. The van der Waals surface area contributed by atoms with Gasteiger partial charge in [-0.05, 0) is 43.7 Å². The van der Waals surface area contributed by atoms with E-state index in [0.29, 0.717) is 23.1 Å². The van der Waals surface area contributed by atoms with Gasteiger partial charge in [0.25, 0.3) is 0 Å². The van der Waals surface area contributed by atoms with Crippen LogP contribution >= 0.6 is 11.6 Å². The first-order chi connectivity index (χ1) is 15.8. The zero-order valence-corrected chi connectivity index (χ0v) is 19.4. The van der Waals surface area contributed by atoms with Crippen molar-refractivity contribution in [2.45, 2.75) is 18.6 Å². The second-order valence-corrected chi connectivity index (χ2v) is 9.76. The highest BCUT2D eigenvalue weighted by atomic mass is 35.5. The second kappa shape index (κ2) is 9.21. The number of halogens is 1. The lowest BCUT2D eigenvalue weighted by Crippen LogP contribution is -2.27. The van der Waals surface area contributed by atoms with Crippen molar-refractivity contribution in [1.82, 2.24) is 9.97 Å². The highest BCUT2D eigenvalue weighted by molar-refractivity contribution is 7.93. The SMILES string of the molecule is COC(=O)c1cc(Nc2nc3ccccc3nc2NS(=O)(=O)C2C=CC(C)=CC2)ccc1Cl. The number of allylic oxidation sites excluding steroid dienone is 3. The molecule has 1 unspecified atom stereocenters. The standard InChI is InChI=1S/C23H21ClN4O4S/c1-14-7-10-16(11-8-14)33(30,31)28-22-21(26-19-5-3-4-6-20(19)27-22)25-15-9-12-18(24)17(13-15)23(29)32-2/h3-10,12-13,16H,11H2,1-2H3,(H,25,26)(H,27,28). The fourth-order valence-corrected chi connectivity index (χ4v) is 4.71. The first kappa shape index (κ1) is 22.8. The Bertz CT molecular complexity index is 1400. The maximum absolute atomic E-state index is 13.1. The number of ether oxygens (including phenoxy) is 1. The number of anilines is 3. The Morgan fingerprint density at radius 1 is 1.12 bits per heavy atom. The van der Waals surface area contributed by atoms with Crippen molar-refractivity contribution in [2.75, 3.05) is 17.1 Å². The van der Waals surface area contributed by atoms with Crippen molar-refractivity contribution < 1.29 is 17.9 Å². The molecule has 1 heterocycles. The molecule has 2 aromatic carbocycles. The molecule has 0 spiro atoms. The van der Waals surface area contributed by atoms with E-state index in [4.69, 9.17) is 16.3 Å². The topological polar surface area (TPSA) is 110 Å². The van der Waals surface area contributed by atoms with Crippen molar-refractivity contribution in [3.8, 4) is 0 Å². The summed E-state index contributed by atoms with van der Waals surface area (Å²) in [5, 5.41) is 2.54. The Morgan fingerprint density at radius 3 is 2.45 bits per heavy atom. The third-order valence-electron chi connectivity index (χ3n) is 5.09. The lowest BCUT2D eigenvalue weighted by molar-refractivity contribution is 0.0601. The predicted molar refractivity (Wildman–Crippen MR) is 129 cm³/mol.